The zero-order chi connectivity index (χ0) is 15.8. The van der Waals surface area contributed by atoms with Crippen molar-refractivity contribution in [2.24, 2.45) is 5.41 Å². The van der Waals surface area contributed by atoms with Crippen LogP contribution in [0.4, 0.5) is 0 Å². The Hall–Kier alpha value is -1.84. The van der Waals surface area contributed by atoms with Gasteiger partial charge in [-0.15, -0.1) is 0 Å². The fraction of sp³-hybridized carbons (Fsp3) is 0.529. The summed E-state index contributed by atoms with van der Waals surface area (Å²) in [6.07, 6.45) is 0.804. The minimum Gasteiger partial charge on any atom is -0.481 e. The predicted octanol–water partition coefficient (Wildman–Crippen LogP) is 3.97. The van der Waals surface area contributed by atoms with Gasteiger partial charge >= 0.3 is 5.97 Å². The second-order valence-electron chi connectivity index (χ2n) is 6.90. The maximum absolute atomic E-state index is 11.0. The van der Waals surface area contributed by atoms with Crippen molar-refractivity contribution >= 4 is 17.0 Å². The molecule has 0 aliphatic carbocycles. The monoisotopic (exact) mass is 288 g/mol. The molecular weight excluding hydrogens is 264 g/mol. The molecule has 2 aromatic rings. The second-order valence-corrected chi connectivity index (χ2v) is 6.90. The van der Waals surface area contributed by atoms with Crippen molar-refractivity contribution < 1.29 is 9.90 Å². The Balaban J connectivity index is 2.48. The molecule has 0 aliphatic heterocycles. The van der Waals surface area contributed by atoms with E-state index in [2.05, 4.69) is 43.5 Å². The van der Waals surface area contributed by atoms with Crippen molar-refractivity contribution in [1.29, 1.82) is 0 Å². The smallest absolute Gasteiger partial charge is 0.303 e. The molecule has 0 radical (unpaired) electrons. The minimum absolute atomic E-state index is 0.146. The molecule has 0 fully saturated rings. The van der Waals surface area contributed by atoms with Gasteiger partial charge in [0.15, 0.2) is 0 Å². The summed E-state index contributed by atoms with van der Waals surface area (Å²) in [7, 11) is 0. The number of benzene rings is 1. The van der Waals surface area contributed by atoms with Crippen LogP contribution in [0.3, 0.4) is 0 Å². The maximum atomic E-state index is 11.0. The van der Waals surface area contributed by atoms with Gasteiger partial charge in [-0.3, -0.25) is 4.79 Å². The summed E-state index contributed by atoms with van der Waals surface area (Å²) in [6.45, 7) is 10.3. The Morgan fingerprint density at radius 3 is 2.62 bits per heavy atom. The van der Waals surface area contributed by atoms with Gasteiger partial charge in [-0.05, 0) is 43.9 Å². The molecule has 1 aromatic carbocycles. The van der Waals surface area contributed by atoms with Crippen molar-refractivity contribution in [1.82, 2.24) is 9.55 Å². The second kappa shape index (κ2) is 5.51. The van der Waals surface area contributed by atoms with Crippen LogP contribution in [-0.4, -0.2) is 20.6 Å². The van der Waals surface area contributed by atoms with E-state index in [0.717, 1.165) is 16.9 Å². The largest absolute Gasteiger partial charge is 0.481 e. The Bertz CT molecular complexity index is 669. The minimum atomic E-state index is -0.761. The summed E-state index contributed by atoms with van der Waals surface area (Å²) in [4.78, 5) is 15.8. The number of hydrogen-bond donors (Lipinski definition) is 1. The van der Waals surface area contributed by atoms with E-state index in [4.69, 9.17) is 10.1 Å². The normalized spacial score (nSPS) is 12.3. The molecule has 0 bridgehead atoms. The van der Waals surface area contributed by atoms with Crippen LogP contribution in [0, 0.1) is 12.3 Å². The number of carboxylic acid groups (broad SMARTS) is 1. The zero-order valence-electron chi connectivity index (χ0n) is 13.5. The molecule has 0 spiro atoms. The molecule has 0 saturated carbocycles. The number of carbonyl (C=O) groups is 1. The van der Waals surface area contributed by atoms with Gasteiger partial charge in [0.25, 0.3) is 0 Å². The van der Waals surface area contributed by atoms with Crippen LogP contribution in [0.2, 0.25) is 0 Å². The standard InChI is InChI=1S/C17H24N2O2/c1-11(2)19-14-7-6-12(3)8-13(14)18-15(19)9-17(4,5)10-16(20)21/h6-8,11H,9-10H2,1-5H3,(H,20,21). The predicted molar refractivity (Wildman–Crippen MR) is 84.6 cm³/mol. The van der Waals surface area contributed by atoms with Gasteiger partial charge in [-0.2, -0.15) is 0 Å². The number of aryl methyl sites for hydroxylation is 1. The first-order valence-corrected chi connectivity index (χ1v) is 7.39. The van der Waals surface area contributed by atoms with E-state index in [1.54, 1.807) is 0 Å². The topological polar surface area (TPSA) is 55.1 Å². The number of carboxylic acids is 1. The highest BCUT2D eigenvalue weighted by Crippen LogP contribution is 2.29. The van der Waals surface area contributed by atoms with E-state index < -0.39 is 5.97 Å². The lowest BCUT2D eigenvalue weighted by atomic mass is 9.85. The van der Waals surface area contributed by atoms with Gasteiger partial charge in [-0.25, -0.2) is 4.98 Å². The summed E-state index contributed by atoms with van der Waals surface area (Å²) in [5, 5.41) is 9.05. The van der Waals surface area contributed by atoms with E-state index in [0.29, 0.717) is 12.5 Å². The number of fused-ring (bicyclic) bond motifs is 1. The molecule has 4 nitrogen and oxygen atoms in total. The molecule has 21 heavy (non-hydrogen) atoms. The average Bonchev–Trinajstić information content (AvgIpc) is 2.62. The lowest BCUT2D eigenvalue weighted by Gasteiger charge is -2.23. The van der Waals surface area contributed by atoms with Crippen molar-refractivity contribution in [3.8, 4) is 0 Å². The number of nitrogens with zero attached hydrogens (tertiary/aromatic N) is 2. The summed E-state index contributed by atoms with van der Waals surface area (Å²) in [5.74, 6) is 0.208. The van der Waals surface area contributed by atoms with Crippen molar-refractivity contribution in [3.05, 3.63) is 29.6 Å². The fourth-order valence-electron chi connectivity index (χ4n) is 2.86. The van der Waals surface area contributed by atoms with Crippen molar-refractivity contribution in [2.75, 3.05) is 0 Å². The van der Waals surface area contributed by atoms with Crippen LogP contribution in [0.5, 0.6) is 0 Å². The summed E-state index contributed by atoms with van der Waals surface area (Å²) in [5.41, 5.74) is 2.99. The number of rotatable bonds is 5. The summed E-state index contributed by atoms with van der Waals surface area (Å²) < 4.78 is 2.22. The molecule has 1 N–H and O–H groups in total. The summed E-state index contributed by atoms with van der Waals surface area (Å²) >= 11 is 0. The lowest BCUT2D eigenvalue weighted by molar-refractivity contribution is -0.139. The van der Waals surface area contributed by atoms with Crippen LogP contribution >= 0.6 is 0 Å². The Labute approximate surface area is 125 Å². The van der Waals surface area contributed by atoms with Crippen LogP contribution in [0.25, 0.3) is 11.0 Å². The van der Waals surface area contributed by atoms with Crippen LogP contribution in [0.15, 0.2) is 18.2 Å². The molecule has 0 aliphatic rings. The Kier molecular flexibility index (Phi) is 4.08. The van der Waals surface area contributed by atoms with Crippen LogP contribution in [-0.2, 0) is 11.2 Å². The highest BCUT2D eigenvalue weighted by atomic mass is 16.4. The molecule has 0 amide bonds. The maximum Gasteiger partial charge on any atom is 0.303 e. The molecule has 1 aromatic heterocycles. The number of aliphatic carboxylic acids is 1. The lowest BCUT2D eigenvalue weighted by Crippen LogP contribution is -2.22. The first-order chi connectivity index (χ1) is 9.69. The Morgan fingerprint density at radius 1 is 1.38 bits per heavy atom. The molecule has 0 unspecified atom stereocenters. The molecular formula is C17H24N2O2. The average molecular weight is 288 g/mol. The molecule has 0 saturated heterocycles. The quantitative estimate of drug-likeness (QED) is 0.905. The third-order valence-corrected chi connectivity index (χ3v) is 3.70. The highest BCUT2D eigenvalue weighted by Gasteiger charge is 2.26. The van der Waals surface area contributed by atoms with E-state index in [-0.39, 0.29) is 11.8 Å². The fourth-order valence-corrected chi connectivity index (χ4v) is 2.86. The number of hydrogen-bond acceptors (Lipinski definition) is 2. The zero-order valence-corrected chi connectivity index (χ0v) is 13.5. The van der Waals surface area contributed by atoms with E-state index in [9.17, 15) is 4.79 Å². The Morgan fingerprint density at radius 2 is 2.05 bits per heavy atom. The van der Waals surface area contributed by atoms with Gasteiger partial charge in [0.2, 0.25) is 0 Å². The van der Waals surface area contributed by atoms with Gasteiger partial charge in [0.1, 0.15) is 5.82 Å². The molecule has 0 atom stereocenters. The van der Waals surface area contributed by atoms with E-state index >= 15 is 0 Å². The van der Waals surface area contributed by atoms with Gasteiger partial charge < -0.3 is 9.67 Å². The molecule has 2 rings (SSSR count). The third-order valence-electron chi connectivity index (χ3n) is 3.70. The van der Waals surface area contributed by atoms with Gasteiger partial charge in [-0.1, -0.05) is 19.9 Å². The molecule has 114 valence electrons. The van der Waals surface area contributed by atoms with Crippen molar-refractivity contribution in [3.63, 3.8) is 0 Å². The molecule has 1 heterocycles. The van der Waals surface area contributed by atoms with E-state index in [1.165, 1.54) is 5.56 Å². The number of aromatic nitrogens is 2. The van der Waals surface area contributed by atoms with Crippen LogP contribution < -0.4 is 0 Å². The number of imidazole rings is 1. The molecule has 4 heteroatoms. The van der Waals surface area contributed by atoms with Crippen molar-refractivity contribution in [2.45, 2.75) is 53.5 Å². The first kappa shape index (κ1) is 15.5. The SMILES string of the molecule is Cc1ccc2c(c1)nc(CC(C)(C)CC(=O)O)n2C(C)C. The first-order valence-electron chi connectivity index (χ1n) is 7.39. The van der Waals surface area contributed by atoms with Gasteiger partial charge in [0.05, 0.1) is 17.5 Å². The summed E-state index contributed by atoms with van der Waals surface area (Å²) in [6, 6.07) is 6.58. The highest BCUT2D eigenvalue weighted by molar-refractivity contribution is 5.77. The third kappa shape index (κ3) is 3.43. The van der Waals surface area contributed by atoms with Gasteiger partial charge in [0, 0.05) is 12.5 Å². The van der Waals surface area contributed by atoms with E-state index in [1.807, 2.05) is 13.8 Å². The van der Waals surface area contributed by atoms with Crippen LogP contribution in [0.1, 0.15) is 51.5 Å².